The van der Waals surface area contributed by atoms with Crippen LogP contribution in [0.4, 0.5) is 0 Å². The molecule has 15 heavy (non-hydrogen) atoms. The Labute approximate surface area is 95.3 Å². The first-order valence-electron chi connectivity index (χ1n) is 6.96. The molecular weight excluding hydrogens is 184 g/mol. The summed E-state index contributed by atoms with van der Waals surface area (Å²) in [6.07, 6.45) is 11.4. The highest BCUT2D eigenvalue weighted by molar-refractivity contribution is 4.79. The van der Waals surface area contributed by atoms with Crippen molar-refractivity contribution in [2.24, 2.45) is 11.8 Å². The lowest BCUT2D eigenvalue weighted by Gasteiger charge is -2.18. The Kier molecular flexibility index (Phi) is 6.31. The number of aliphatic hydroxyl groups excluding tert-OH is 1. The van der Waals surface area contributed by atoms with E-state index in [9.17, 15) is 5.11 Å². The second-order valence-electron chi connectivity index (χ2n) is 5.26. The van der Waals surface area contributed by atoms with Gasteiger partial charge in [-0.3, -0.25) is 0 Å². The van der Waals surface area contributed by atoms with Gasteiger partial charge in [-0.25, -0.2) is 0 Å². The minimum absolute atomic E-state index is 0.00148. The first kappa shape index (κ1) is 13.0. The highest BCUT2D eigenvalue weighted by atomic mass is 16.3. The molecule has 0 heterocycles. The summed E-state index contributed by atoms with van der Waals surface area (Å²) in [7, 11) is 0. The lowest BCUT2D eigenvalue weighted by molar-refractivity contribution is 0.0966. The minimum atomic E-state index is -0.00148. The predicted octanol–water partition coefficient (Wildman–Crippen LogP) is 4.14. The summed E-state index contributed by atoms with van der Waals surface area (Å²) in [5.74, 6) is 1.52. The average Bonchev–Trinajstić information content (AvgIpc) is 2.72. The van der Waals surface area contributed by atoms with Gasteiger partial charge in [0.05, 0.1) is 6.10 Å². The molecule has 0 aromatic heterocycles. The lowest BCUT2D eigenvalue weighted by Crippen LogP contribution is -2.17. The van der Waals surface area contributed by atoms with Crippen LogP contribution in [-0.2, 0) is 0 Å². The summed E-state index contributed by atoms with van der Waals surface area (Å²) in [5, 5.41) is 10.1. The molecule has 0 amide bonds. The normalized spacial score (nSPS) is 28.2. The van der Waals surface area contributed by atoms with Crippen molar-refractivity contribution in [2.45, 2.75) is 77.7 Å². The summed E-state index contributed by atoms with van der Waals surface area (Å²) in [6.45, 7) is 4.51. The zero-order valence-corrected chi connectivity index (χ0v) is 10.5. The van der Waals surface area contributed by atoms with Gasteiger partial charge in [-0.05, 0) is 31.1 Å². The Balaban J connectivity index is 2.09. The molecule has 1 aliphatic carbocycles. The van der Waals surface area contributed by atoms with E-state index in [1.54, 1.807) is 0 Å². The molecule has 3 unspecified atom stereocenters. The third kappa shape index (κ3) is 4.55. The number of unbranched alkanes of at least 4 members (excludes halogenated alkanes) is 3. The van der Waals surface area contributed by atoms with E-state index in [-0.39, 0.29) is 6.10 Å². The molecule has 0 aliphatic heterocycles. The van der Waals surface area contributed by atoms with E-state index in [0.717, 1.165) is 12.3 Å². The van der Waals surface area contributed by atoms with Crippen molar-refractivity contribution < 1.29 is 5.11 Å². The third-order valence-corrected chi connectivity index (χ3v) is 4.06. The fraction of sp³-hybridized carbons (Fsp3) is 1.00. The number of rotatable bonds is 7. The van der Waals surface area contributed by atoms with Crippen molar-refractivity contribution in [1.29, 1.82) is 0 Å². The fourth-order valence-corrected chi connectivity index (χ4v) is 2.85. The maximum Gasteiger partial charge on any atom is 0.0568 e. The van der Waals surface area contributed by atoms with Gasteiger partial charge in [0.15, 0.2) is 0 Å². The van der Waals surface area contributed by atoms with E-state index >= 15 is 0 Å². The van der Waals surface area contributed by atoms with Crippen LogP contribution in [0, 0.1) is 11.8 Å². The molecule has 0 spiro atoms. The summed E-state index contributed by atoms with van der Waals surface area (Å²) < 4.78 is 0. The maximum absolute atomic E-state index is 10.1. The number of hydrogen-bond acceptors (Lipinski definition) is 1. The Morgan fingerprint density at radius 1 is 1.13 bits per heavy atom. The van der Waals surface area contributed by atoms with Crippen molar-refractivity contribution in [3.63, 3.8) is 0 Å². The molecular formula is C14H28O. The molecule has 1 fully saturated rings. The Morgan fingerprint density at radius 3 is 2.53 bits per heavy atom. The lowest BCUT2D eigenvalue weighted by atomic mass is 9.94. The zero-order valence-electron chi connectivity index (χ0n) is 10.5. The largest absolute Gasteiger partial charge is 0.393 e. The maximum atomic E-state index is 10.1. The molecule has 0 saturated heterocycles. The summed E-state index contributed by atoms with van der Waals surface area (Å²) in [6, 6.07) is 0. The van der Waals surface area contributed by atoms with Crippen LogP contribution in [0.15, 0.2) is 0 Å². The van der Waals surface area contributed by atoms with Gasteiger partial charge in [0, 0.05) is 0 Å². The highest BCUT2D eigenvalue weighted by Crippen LogP contribution is 2.36. The van der Waals surface area contributed by atoms with E-state index in [4.69, 9.17) is 0 Å². The van der Waals surface area contributed by atoms with Gasteiger partial charge >= 0.3 is 0 Å². The zero-order chi connectivity index (χ0) is 11.1. The molecule has 1 N–H and O–H groups in total. The second kappa shape index (κ2) is 7.27. The Bertz CT molecular complexity index is 155. The van der Waals surface area contributed by atoms with Crippen molar-refractivity contribution in [3.8, 4) is 0 Å². The topological polar surface area (TPSA) is 20.2 Å². The second-order valence-corrected chi connectivity index (χ2v) is 5.26. The van der Waals surface area contributed by atoms with Gasteiger partial charge in [-0.2, -0.15) is 0 Å². The Morgan fingerprint density at radius 2 is 1.93 bits per heavy atom. The number of aliphatic hydroxyl groups is 1. The molecule has 0 bridgehead atoms. The summed E-state index contributed by atoms with van der Waals surface area (Å²) >= 11 is 0. The van der Waals surface area contributed by atoms with Crippen LogP contribution in [-0.4, -0.2) is 11.2 Å². The molecule has 3 atom stereocenters. The highest BCUT2D eigenvalue weighted by Gasteiger charge is 2.28. The molecule has 1 saturated carbocycles. The molecule has 0 aromatic rings. The van der Waals surface area contributed by atoms with Crippen molar-refractivity contribution in [2.75, 3.05) is 0 Å². The quantitative estimate of drug-likeness (QED) is 0.629. The van der Waals surface area contributed by atoms with Crippen LogP contribution in [0.3, 0.4) is 0 Å². The Hall–Kier alpha value is -0.0400. The summed E-state index contributed by atoms with van der Waals surface area (Å²) in [5.41, 5.74) is 0. The van der Waals surface area contributed by atoms with Crippen LogP contribution in [0.1, 0.15) is 71.6 Å². The van der Waals surface area contributed by atoms with Gasteiger partial charge in [0.25, 0.3) is 0 Å². The fourth-order valence-electron chi connectivity index (χ4n) is 2.85. The third-order valence-electron chi connectivity index (χ3n) is 4.06. The van der Waals surface area contributed by atoms with Crippen LogP contribution >= 0.6 is 0 Å². The van der Waals surface area contributed by atoms with Crippen LogP contribution in [0.2, 0.25) is 0 Å². The van der Waals surface area contributed by atoms with Gasteiger partial charge in [-0.15, -0.1) is 0 Å². The molecule has 0 aromatic carbocycles. The van der Waals surface area contributed by atoms with E-state index < -0.39 is 0 Å². The number of hydrogen-bond donors (Lipinski definition) is 1. The van der Waals surface area contributed by atoms with Crippen molar-refractivity contribution in [1.82, 2.24) is 0 Å². The smallest absolute Gasteiger partial charge is 0.0568 e. The van der Waals surface area contributed by atoms with Crippen LogP contribution < -0.4 is 0 Å². The van der Waals surface area contributed by atoms with Crippen molar-refractivity contribution in [3.05, 3.63) is 0 Å². The molecule has 1 heteroatoms. The molecule has 1 nitrogen and oxygen atoms in total. The molecule has 0 radical (unpaired) electrons. The van der Waals surface area contributed by atoms with E-state index in [0.29, 0.717) is 5.92 Å². The minimum Gasteiger partial charge on any atom is -0.393 e. The average molecular weight is 212 g/mol. The van der Waals surface area contributed by atoms with Gasteiger partial charge in [0.1, 0.15) is 0 Å². The van der Waals surface area contributed by atoms with Gasteiger partial charge in [0.2, 0.25) is 0 Å². The standard InChI is InChI=1S/C14H28O/c1-3-5-6-7-8-14(15)13-10-9-12(4-2)11-13/h12-15H,3-11H2,1-2H3. The van der Waals surface area contributed by atoms with Gasteiger partial charge in [-0.1, -0.05) is 52.4 Å². The first-order valence-corrected chi connectivity index (χ1v) is 6.96. The molecule has 1 rings (SSSR count). The molecule has 90 valence electrons. The summed E-state index contributed by atoms with van der Waals surface area (Å²) in [4.78, 5) is 0. The van der Waals surface area contributed by atoms with E-state index in [1.807, 2.05) is 0 Å². The molecule has 1 aliphatic rings. The van der Waals surface area contributed by atoms with Crippen LogP contribution in [0.25, 0.3) is 0 Å². The first-order chi connectivity index (χ1) is 7.27. The van der Waals surface area contributed by atoms with Crippen molar-refractivity contribution >= 4 is 0 Å². The predicted molar refractivity (Wildman–Crippen MR) is 65.9 cm³/mol. The van der Waals surface area contributed by atoms with Crippen LogP contribution in [0.5, 0.6) is 0 Å². The van der Waals surface area contributed by atoms with Gasteiger partial charge < -0.3 is 5.11 Å². The monoisotopic (exact) mass is 212 g/mol. The van der Waals surface area contributed by atoms with E-state index in [2.05, 4.69) is 13.8 Å². The SMILES string of the molecule is CCCCCCC(O)C1CCC(CC)C1. The van der Waals surface area contributed by atoms with E-state index in [1.165, 1.54) is 51.4 Å².